The summed E-state index contributed by atoms with van der Waals surface area (Å²) in [7, 11) is -2.09. The van der Waals surface area contributed by atoms with Crippen LogP contribution in [0.15, 0.2) is 47.4 Å². The highest BCUT2D eigenvalue weighted by Crippen LogP contribution is 2.21. The number of nitrogen functional groups attached to an aromatic ring is 1. The number of aryl methyl sites for hydroxylation is 1. The highest BCUT2D eigenvalue weighted by molar-refractivity contribution is 7.92. The van der Waals surface area contributed by atoms with Gasteiger partial charge in [-0.05, 0) is 48.9 Å². The van der Waals surface area contributed by atoms with Crippen LogP contribution in [0.4, 0.5) is 11.4 Å². The first-order chi connectivity index (χ1) is 9.42. The van der Waals surface area contributed by atoms with Crippen molar-refractivity contribution in [2.24, 2.45) is 0 Å². The van der Waals surface area contributed by atoms with Crippen LogP contribution >= 0.6 is 0 Å². The molecule has 0 aromatic heterocycles. The van der Waals surface area contributed by atoms with Gasteiger partial charge in [0.25, 0.3) is 10.0 Å². The van der Waals surface area contributed by atoms with Gasteiger partial charge >= 0.3 is 0 Å². The van der Waals surface area contributed by atoms with Crippen molar-refractivity contribution in [3.63, 3.8) is 0 Å². The second kappa shape index (κ2) is 5.42. The molecule has 0 unspecified atom stereocenters. The molecule has 2 aromatic rings. The van der Waals surface area contributed by atoms with E-state index in [-0.39, 0.29) is 4.90 Å². The molecule has 0 spiro atoms. The Labute approximate surface area is 118 Å². The van der Waals surface area contributed by atoms with E-state index in [0.717, 1.165) is 5.56 Å². The second-order valence-corrected chi connectivity index (χ2v) is 6.03. The van der Waals surface area contributed by atoms with Gasteiger partial charge in [-0.3, -0.25) is 4.72 Å². The van der Waals surface area contributed by atoms with Gasteiger partial charge in [0, 0.05) is 11.4 Å². The van der Waals surface area contributed by atoms with Gasteiger partial charge in [0.1, 0.15) is 5.75 Å². The van der Waals surface area contributed by atoms with Crippen LogP contribution in [-0.4, -0.2) is 15.5 Å². The van der Waals surface area contributed by atoms with E-state index in [1.165, 1.54) is 12.1 Å². The van der Waals surface area contributed by atoms with Crippen molar-refractivity contribution in [2.45, 2.75) is 11.8 Å². The zero-order chi connectivity index (χ0) is 14.8. The average molecular weight is 292 g/mol. The summed E-state index contributed by atoms with van der Waals surface area (Å²) in [4.78, 5) is 0.136. The molecule has 5 nitrogen and oxygen atoms in total. The van der Waals surface area contributed by atoms with Crippen molar-refractivity contribution in [3.8, 4) is 5.75 Å². The van der Waals surface area contributed by atoms with Crippen molar-refractivity contribution in [3.05, 3.63) is 48.0 Å². The van der Waals surface area contributed by atoms with Crippen molar-refractivity contribution in [1.82, 2.24) is 0 Å². The fraction of sp³-hybridized carbons (Fsp3) is 0.143. The van der Waals surface area contributed by atoms with Crippen LogP contribution in [0, 0.1) is 6.92 Å². The topological polar surface area (TPSA) is 81.4 Å². The summed E-state index contributed by atoms with van der Waals surface area (Å²) in [6, 6.07) is 11.3. The number of anilines is 2. The molecule has 3 N–H and O–H groups in total. The molecule has 2 aromatic carbocycles. The predicted molar refractivity (Wildman–Crippen MR) is 79.4 cm³/mol. The Kier molecular flexibility index (Phi) is 3.85. The largest absolute Gasteiger partial charge is 0.497 e. The van der Waals surface area contributed by atoms with E-state index in [2.05, 4.69) is 4.72 Å². The molecule has 0 atom stereocenters. The summed E-state index contributed by atoms with van der Waals surface area (Å²) < 4.78 is 32.0. The molecule has 0 radical (unpaired) electrons. The van der Waals surface area contributed by atoms with Gasteiger partial charge in [-0.1, -0.05) is 6.07 Å². The van der Waals surface area contributed by atoms with Crippen molar-refractivity contribution >= 4 is 21.4 Å². The zero-order valence-corrected chi connectivity index (χ0v) is 12.1. The van der Waals surface area contributed by atoms with Gasteiger partial charge in [0.15, 0.2) is 0 Å². The summed E-state index contributed by atoms with van der Waals surface area (Å²) in [5.74, 6) is 0.660. The SMILES string of the molecule is COc1ccc(NS(=O)(=O)c2ccc(C)c(N)c2)cc1. The molecule has 0 aliphatic carbocycles. The van der Waals surface area contributed by atoms with Crippen LogP contribution in [-0.2, 0) is 10.0 Å². The van der Waals surface area contributed by atoms with Crippen LogP contribution in [0.3, 0.4) is 0 Å². The number of nitrogens with one attached hydrogen (secondary N) is 1. The first-order valence-electron chi connectivity index (χ1n) is 5.95. The van der Waals surface area contributed by atoms with E-state index in [9.17, 15) is 8.42 Å². The summed E-state index contributed by atoms with van der Waals surface area (Å²) in [6.07, 6.45) is 0. The minimum Gasteiger partial charge on any atom is -0.497 e. The molecule has 0 amide bonds. The third-order valence-corrected chi connectivity index (χ3v) is 4.28. The maximum Gasteiger partial charge on any atom is 0.261 e. The summed E-state index contributed by atoms with van der Waals surface area (Å²) in [5.41, 5.74) is 7.49. The Bertz CT molecular complexity index is 710. The molecule has 0 aliphatic rings. The van der Waals surface area contributed by atoms with Gasteiger partial charge in [-0.2, -0.15) is 0 Å². The van der Waals surface area contributed by atoms with Crippen LogP contribution in [0.5, 0.6) is 5.75 Å². The number of methoxy groups -OCH3 is 1. The van der Waals surface area contributed by atoms with Gasteiger partial charge < -0.3 is 10.5 Å². The lowest BCUT2D eigenvalue weighted by molar-refractivity contribution is 0.415. The molecule has 0 heterocycles. The lowest BCUT2D eigenvalue weighted by Crippen LogP contribution is -2.13. The first kappa shape index (κ1) is 14.2. The molecule has 106 valence electrons. The van der Waals surface area contributed by atoms with E-state index in [4.69, 9.17) is 10.5 Å². The van der Waals surface area contributed by atoms with Crippen LogP contribution in [0.2, 0.25) is 0 Å². The molecule has 0 aliphatic heterocycles. The summed E-state index contributed by atoms with van der Waals surface area (Å²) in [5, 5.41) is 0. The van der Waals surface area contributed by atoms with E-state index in [0.29, 0.717) is 17.1 Å². The zero-order valence-electron chi connectivity index (χ0n) is 11.3. The van der Waals surface area contributed by atoms with Gasteiger partial charge in [0.2, 0.25) is 0 Å². The fourth-order valence-corrected chi connectivity index (χ4v) is 2.75. The Morgan fingerprint density at radius 3 is 2.30 bits per heavy atom. The molecule has 6 heteroatoms. The third-order valence-electron chi connectivity index (χ3n) is 2.90. The monoisotopic (exact) mass is 292 g/mol. The highest BCUT2D eigenvalue weighted by atomic mass is 32.2. The highest BCUT2D eigenvalue weighted by Gasteiger charge is 2.15. The Morgan fingerprint density at radius 1 is 1.10 bits per heavy atom. The van der Waals surface area contributed by atoms with E-state index in [1.807, 2.05) is 6.92 Å². The molecule has 0 saturated heterocycles. The molecule has 20 heavy (non-hydrogen) atoms. The number of sulfonamides is 1. The molecule has 0 saturated carbocycles. The molecule has 0 fully saturated rings. The number of nitrogens with two attached hydrogens (primary N) is 1. The van der Waals surface area contributed by atoms with Gasteiger partial charge in [-0.25, -0.2) is 8.42 Å². The molecular weight excluding hydrogens is 276 g/mol. The average Bonchev–Trinajstić information content (AvgIpc) is 2.42. The predicted octanol–water partition coefficient (Wildman–Crippen LogP) is 2.39. The summed E-state index contributed by atoms with van der Waals surface area (Å²) >= 11 is 0. The number of benzene rings is 2. The number of rotatable bonds is 4. The van der Waals surface area contributed by atoms with E-state index >= 15 is 0 Å². The number of ether oxygens (including phenoxy) is 1. The maximum absolute atomic E-state index is 12.2. The fourth-order valence-electron chi connectivity index (χ4n) is 1.66. The van der Waals surface area contributed by atoms with Crippen LogP contribution in [0.1, 0.15) is 5.56 Å². The number of hydrogen-bond donors (Lipinski definition) is 2. The smallest absolute Gasteiger partial charge is 0.261 e. The molecular formula is C14H16N2O3S. The third kappa shape index (κ3) is 3.03. The Hall–Kier alpha value is -2.21. The normalized spacial score (nSPS) is 11.1. The summed E-state index contributed by atoms with van der Waals surface area (Å²) in [6.45, 7) is 1.82. The minimum atomic E-state index is -3.64. The lowest BCUT2D eigenvalue weighted by Gasteiger charge is -2.10. The van der Waals surface area contributed by atoms with Gasteiger partial charge in [0.05, 0.1) is 12.0 Å². The maximum atomic E-state index is 12.2. The second-order valence-electron chi connectivity index (χ2n) is 4.35. The van der Waals surface area contributed by atoms with E-state index < -0.39 is 10.0 Å². The van der Waals surface area contributed by atoms with Gasteiger partial charge in [-0.15, -0.1) is 0 Å². The van der Waals surface area contributed by atoms with Crippen molar-refractivity contribution < 1.29 is 13.2 Å². The van der Waals surface area contributed by atoms with Crippen molar-refractivity contribution in [1.29, 1.82) is 0 Å². The lowest BCUT2D eigenvalue weighted by atomic mass is 10.2. The number of hydrogen-bond acceptors (Lipinski definition) is 4. The first-order valence-corrected chi connectivity index (χ1v) is 7.44. The molecule has 0 bridgehead atoms. The minimum absolute atomic E-state index is 0.136. The Morgan fingerprint density at radius 2 is 1.75 bits per heavy atom. The quantitative estimate of drug-likeness (QED) is 0.848. The van der Waals surface area contributed by atoms with Crippen LogP contribution < -0.4 is 15.2 Å². The molecule has 2 rings (SSSR count). The van der Waals surface area contributed by atoms with Crippen molar-refractivity contribution in [2.75, 3.05) is 17.6 Å². The van der Waals surface area contributed by atoms with E-state index in [1.54, 1.807) is 37.4 Å². The van der Waals surface area contributed by atoms with Crippen LogP contribution in [0.25, 0.3) is 0 Å². The Balaban J connectivity index is 2.27. The standard InChI is InChI=1S/C14H16N2O3S/c1-10-3-8-13(9-14(10)15)20(17,18)16-11-4-6-12(19-2)7-5-11/h3-9,16H,15H2,1-2H3.